The van der Waals surface area contributed by atoms with Crippen molar-refractivity contribution in [2.24, 2.45) is 11.7 Å². The Morgan fingerprint density at radius 3 is 2.71 bits per heavy atom. The number of rotatable bonds is 5. The van der Waals surface area contributed by atoms with Gasteiger partial charge in [0.15, 0.2) is 0 Å². The van der Waals surface area contributed by atoms with E-state index in [9.17, 15) is 4.79 Å². The fourth-order valence-corrected chi connectivity index (χ4v) is 1.56. The molecule has 17 heavy (non-hydrogen) atoms. The van der Waals surface area contributed by atoms with Gasteiger partial charge in [-0.1, -0.05) is 19.1 Å². The molecule has 1 aromatic carbocycles. The van der Waals surface area contributed by atoms with E-state index in [-0.39, 0.29) is 11.8 Å². The number of hydrogen-bond donors (Lipinski definition) is 1. The van der Waals surface area contributed by atoms with Gasteiger partial charge in [-0.05, 0) is 24.6 Å². The van der Waals surface area contributed by atoms with Crippen LogP contribution in [0.5, 0.6) is 5.75 Å². The van der Waals surface area contributed by atoms with Crippen LogP contribution in [0.4, 0.5) is 5.69 Å². The second kappa shape index (κ2) is 6.25. The minimum atomic E-state index is 0.0486. The van der Waals surface area contributed by atoms with E-state index < -0.39 is 0 Å². The molecule has 0 radical (unpaired) electrons. The minimum Gasteiger partial charge on any atom is -0.495 e. The molecule has 1 atom stereocenters. The molecule has 2 N–H and O–H groups in total. The Morgan fingerprint density at radius 2 is 2.12 bits per heavy atom. The molecule has 0 aromatic heterocycles. The Labute approximate surface area is 102 Å². The first kappa shape index (κ1) is 13.5. The molecule has 94 valence electrons. The zero-order valence-corrected chi connectivity index (χ0v) is 10.6. The van der Waals surface area contributed by atoms with Crippen LogP contribution < -0.4 is 15.4 Å². The number of methoxy groups -OCH3 is 1. The predicted octanol–water partition coefficient (Wildman–Crippen LogP) is 1.64. The molecule has 0 saturated carbocycles. The predicted molar refractivity (Wildman–Crippen MR) is 69.2 cm³/mol. The van der Waals surface area contributed by atoms with Gasteiger partial charge in [0.25, 0.3) is 0 Å². The molecule has 1 amide bonds. The van der Waals surface area contributed by atoms with E-state index in [0.29, 0.717) is 18.7 Å². The van der Waals surface area contributed by atoms with Gasteiger partial charge in [-0.2, -0.15) is 0 Å². The first-order valence-electron chi connectivity index (χ1n) is 5.69. The number of benzene rings is 1. The van der Waals surface area contributed by atoms with Gasteiger partial charge in [-0.15, -0.1) is 0 Å². The number of nitrogens with zero attached hydrogens (tertiary/aromatic N) is 1. The molecular formula is C13H20N2O2. The summed E-state index contributed by atoms with van der Waals surface area (Å²) in [5, 5.41) is 0. The second-order valence-electron chi connectivity index (χ2n) is 4.17. The lowest BCUT2D eigenvalue weighted by Gasteiger charge is -2.21. The summed E-state index contributed by atoms with van der Waals surface area (Å²) < 4.78 is 5.23. The summed E-state index contributed by atoms with van der Waals surface area (Å²) in [4.78, 5) is 13.6. The van der Waals surface area contributed by atoms with E-state index >= 15 is 0 Å². The second-order valence-corrected chi connectivity index (χ2v) is 4.17. The highest BCUT2D eigenvalue weighted by atomic mass is 16.5. The molecule has 1 rings (SSSR count). The molecule has 0 bridgehead atoms. The number of hydrogen-bond acceptors (Lipinski definition) is 3. The number of anilines is 1. The van der Waals surface area contributed by atoms with E-state index in [4.69, 9.17) is 10.5 Å². The maximum Gasteiger partial charge on any atom is 0.227 e. The van der Waals surface area contributed by atoms with Crippen LogP contribution in [0, 0.1) is 5.92 Å². The molecule has 1 aromatic rings. The van der Waals surface area contributed by atoms with Crippen molar-refractivity contribution in [2.75, 3.05) is 25.6 Å². The van der Waals surface area contributed by atoms with Crippen LogP contribution in [0.1, 0.15) is 13.3 Å². The molecule has 4 nitrogen and oxygen atoms in total. The van der Waals surface area contributed by atoms with Crippen LogP contribution in [0.25, 0.3) is 0 Å². The number of carbonyl (C=O) groups excluding carboxylic acids is 1. The summed E-state index contributed by atoms with van der Waals surface area (Å²) in [7, 11) is 3.35. The van der Waals surface area contributed by atoms with E-state index in [1.54, 1.807) is 19.1 Å². The normalized spacial score (nSPS) is 12.0. The van der Waals surface area contributed by atoms with Crippen LogP contribution in [-0.4, -0.2) is 26.6 Å². The first-order valence-corrected chi connectivity index (χ1v) is 5.69. The molecule has 0 fully saturated rings. The Morgan fingerprint density at radius 1 is 1.47 bits per heavy atom. The van der Waals surface area contributed by atoms with Crippen molar-refractivity contribution < 1.29 is 9.53 Å². The van der Waals surface area contributed by atoms with Crippen LogP contribution >= 0.6 is 0 Å². The van der Waals surface area contributed by atoms with Crippen molar-refractivity contribution in [3.8, 4) is 5.75 Å². The van der Waals surface area contributed by atoms with Gasteiger partial charge in [0.2, 0.25) is 5.91 Å². The fraction of sp³-hybridized carbons (Fsp3) is 0.462. The summed E-state index contributed by atoms with van der Waals surface area (Å²) in [6.07, 6.45) is 0.449. The van der Waals surface area contributed by atoms with Crippen LogP contribution in [0.15, 0.2) is 24.3 Å². The average molecular weight is 236 g/mol. The Bertz CT molecular complexity index is 379. The van der Waals surface area contributed by atoms with Gasteiger partial charge in [-0.3, -0.25) is 4.79 Å². The third kappa shape index (κ3) is 3.46. The van der Waals surface area contributed by atoms with Crippen molar-refractivity contribution in [2.45, 2.75) is 13.3 Å². The monoisotopic (exact) mass is 236 g/mol. The molecule has 0 aliphatic heterocycles. The standard InChI is InChI=1S/C13H20N2O2/c1-10(9-14)8-13(16)15(2)11-6-4-5-7-12(11)17-3/h4-7,10H,8-9,14H2,1-3H3. The lowest BCUT2D eigenvalue weighted by molar-refractivity contribution is -0.119. The highest BCUT2D eigenvalue weighted by Crippen LogP contribution is 2.27. The molecule has 0 saturated heterocycles. The fourth-order valence-electron chi connectivity index (χ4n) is 1.56. The lowest BCUT2D eigenvalue weighted by atomic mass is 10.1. The van der Waals surface area contributed by atoms with Gasteiger partial charge < -0.3 is 15.4 Å². The van der Waals surface area contributed by atoms with Crippen molar-refractivity contribution in [1.29, 1.82) is 0 Å². The first-order chi connectivity index (χ1) is 8.10. The third-order valence-electron chi connectivity index (χ3n) is 2.75. The van der Waals surface area contributed by atoms with E-state index in [0.717, 1.165) is 5.69 Å². The molecule has 0 spiro atoms. The quantitative estimate of drug-likeness (QED) is 0.845. The smallest absolute Gasteiger partial charge is 0.227 e. The van der Waals surface area contributed by atoms with Crippen molar-refractivity contribution in [1.82, 2.24) is 0 Å². The van der Waals surface area contributed by atoms with Gasteiger partial charge in [0.05, 0.1) is 12.8 Å². The summed E-state index contributed by atoms with van der Waals surface area (Å²) >= 11 is 0. The maximum atomic E-state index is 12.0. The zero-order chi connectivity index (χ0) is 12.8. The third-order valence-corrected chi connectivity index (χ3v) is 2.75. The minimum absolute atomic E-state index is 0.0486. The van der Waals surface area contributed by atoms with Crippen LogP contribution in [0.3, 0.4) is 0 Å². The topological polar surface area (TPSA) is 55.6 Å². The molecule has 1 unspecified atom stereocenters. The highest BCUT2D eigenvalue weighted by molar-refractivity contribution is 5.94. The van der Waals surface area contributed by atoms with Gasteiger partial charge >= 0.3 is 0 Å². The highest BCUT2D eigenvalue weighted by Gasteiger charge is 2.16. The average Bonchev–Trinajstić information content (AvgIpc) is 2.37. The summed E-state index contributed by atoms with van der Waals surface area (Å²) in [5.74, 6) is 0.941. The number of amides is 1. The van der Waals surface area contributed by atoms with E-state index in [1.165, 1.54) is 0 Å². The van der Waals surface area contributed by atoms with Gasteiger partial charge in [0, 0.05) is 13.5 Å². The van der Waals surface area contributed by atoms with Crippen molar-refractivity contribution >= 4 is 11.6 Å². The van der Waals surface area contributed by atoms with Crippen LogP contribution in [-0.2, 0) is 4.79 Å². The molecular weight excluding hydrogens is 216 g/mol. The molecule has 0 aliphatic carbocycles. The summed E-state index contributed by atoms with van der Waals surface area (Å²) in [6.45, 7) is 2.49. The largest absolute Gasteiger partial charge is 0.495 e. The SMILES string of the molecule is COc1ccccc1N(C)C(=O)CC(C)CN. The van der Waals surface area contributed by atoms with Crippen LogP contribution in [0.2, 0.25) is 0 Å². The van der Waals surface area contributed by atoms with Crippen molar-refractivity contribution in [3.63, 3.8) is 0 Å². The summed E-state index contributed by atoms with van der Waals surface area (Å²) in [5.41, 5.74) is 6.30. The Hall–Kier alpha value is -1.55. The molecule has 4 heteroatoms. The number of para-hydroxylation sites is 2. The number of ether oxygens (including phenoxy) is 1. The molecule has 0 heterocycles. The zero-order valence-electron chi connectivity index (χ0n) is 10.6. The van der Waals surface area contributed by atoms with Gasteiger partial charge in [0.1, 0.15) is 5.75 Å². The van der Waals surface area contributed by atoms with Crippen molar-refractivity contribution in [3.05, 3.63) is 24.3 Å². The van der Waals surface area contributed by atoms with E-state index in [1.807, 2.05) is 31.2 Å². The number of carbonyl (C=O) groups is 1. The number of nitrogens with two attached hydrogens (primary N) is 1. The van der Waals surface area contributed by atoms with E-state index in [2.05, 4.69) is 0 Å². The Balaban J connectivity index is 2.81. The van der Waals surface area contributed by atoms with Gasteiger partial charge in [-0.25, -0.2) is 0 Å². The summed E-state index contributed by atoms with van der Waals surface area (Å²) in [6, 6.07) is 7.46. The maximum absolute atomic E-state index is 12.0. The lowest BCUT2D eigenvalue weighted by Crippen LogP contribution is -2.29. The Kier molecular flexibility index (Phi) is 4.97. The molecule has 0 aliphatic rings.